The normalized spacial score (nSPS) is 10.9. The molecule has 2 aromatic heterocycles. The molecule has 0 atom stereocenters. The quantitative estimate of drug-likeness (QED) is 0.740. The fourth-order valence-corrected chi connectivity index (χ4v) is 3.15. The zero-order valence-corrected chi connectivity index (χ0v) is 14.6. The molecule has 0 saturated carbocycles. The third-order valence-electron chi connectivity index (χ3n) is 3.23. The molecule has 2 heterocycles. The van der Waals surface area contributed by atoms with E-state index >= 15 is 0 Å². The Morgan fingerprint density at radius 3 is 2.96 bits per heavy atom. The van der Waals surface area contributed by atoms with E-state index in [0.717, 1.165) is 9.35 Å². The van der Waals surface area contributed by atoms with Gasteiger partial charge < -0.3 is 5.32 Å². The lowest BCUT2D eigenvalue weighted by Gasteiger charge is -2.06. The van der Waals surface area contributed by atoms with Gasteiger partial charge in [-0.25, -0.2) is 9.97 Å². The highest BCUT2D eigenvalue weighted by Crippen LogP contribution is 2.17. The molecule has 0 aliphatic rings. The molecule has 0 unspecified atom stereocenters. The van der Waals surface area contributed by atoms with Crippen LogP contribution < -0.4 is 10.9 Å². The maximum Gasteiger partial charge on any atom is 0.261 e. The van der Waals surface area contributed by atoms with E-state index in [4.69, 9.17) is 0 Å². The number of nitrogens with one attached hydrogen (secondary N) is 1. The van der Waals surface area contributed by atoms with Crippen molar-refractivity contribution in [3.63, 3.8) is 0 Å². The Hall–Kier alpha value is -2.06. The Kier molecular flexibility index (Phi) is 4.53. The molecule has 8 heteroatoms. The molecule has 118 valence electrons. The van der Waals surface area contributed by atoms with Crippen molar-refractivity contribution in [2.45, 2.75) is 19.9 Å². The van der Waals surface area contributed by atoms with Gasteiger partial charge in [0.05, 0.1) is 17.2 Å². The molecule has 0 bridgehead atoms. The lowest BCUT2D eigenvalue weighted by Crippen LogP contribution is -2.23. The fraction of sp³-hybridized carbons (Fsp3) is 0.200. The molecular weight excluding hydrogens is 380 g/mol. The molecule has 1 N–H and O–H groups in total. The standard InChI is InChI=1S/C15H13BrN4O2S/c1-9-7-17-15(23-9)19-13(21)4-5-20-8-18-12-3-2-10(16)6-11(12)14(20)22/h2-3,6-8H,4-5H2,1H3,(H,17,19,21). The summed E-state index contributed by atoms with van der Waals surface area (Å²) >= 11 is 4.76. The molecule has 23 heavy (non-hydrogen) atoms. The van der Waals surface area contributed by atoms with E-state index in [2.05, 4.69) is 31.2 Å². The van der Waals surface area contributed by atoms with Crippen LogP contribution in [0, 0.1) is 6.92 Å². The van der Waals surface area contributed by atoms with Gasteiger partial charge in [-0.05, 0) is 25.1 Å². The third kappa shape index (κ3) is 3.65. The summed E-state index contributed by atoms with van der Waals surface area (Å²) in [6, 6.07) is 5.35. The van der Waals surface area contributed by atoms with Crippen LogP contribution in [0.15, 0.2) is 40.0 Å². The lowest BCUT2D eigenvalue weighted by molar-refractivity contribution is -0.116. The van der Waals surface area contributed by atoms with Gasteiger partial charge in [0.1, 0.15) is 0 Å². The van der Waals surface area contributed by atoms with Crippen LogP contribution in [0.3, 0.4) is 0 Å². The molecule has 3 rings (SSSR count). The third-order valence-corrected chi connectivity index (χ3v) is 4.55. The van der Waals surface area contributed by atoms with Gasteiger partial charge >= 0.3 is 0 Å². The smallest absolute Gasteiger partial charge is 0.261 e. The van der Waals surface area contributed by atoms with E-state index in [0.29, 0.717) is 16.0 Å². The Bertz CT molecular complexity index is 935. The Labute approximate surface area is 144 Å². The van der Waals surface area contributed by atoms with Gasteiger partial charge in [0, 0.05) is 28.5 Å². The molecule has 1 aromatic carbocycles. The maximum absolute atomic E-state index is 12.4. The summed E-state index contributed by atoms with van der Waals surface area (Å²) < 4.78 is 2.26. The number of nitrogens with zero attached hydrogens (tertiary/aromatic N) is 3. The van der Waals surface area contributed by atoms with Gasteiger partial charge in [-0.15, -0.1) is 11.3 Å². The number of hydrogen-bond donors (Lipinski definition) is 1. The molecule has 0 aliphatic carbocycles. The second-order valence-corrected chi connectivity index (χ2v) is 7.13. The Balaban J connectivity index is 1.73. The molecule has 3 aromatic rings. The van der Waals surface area contributed by atoms with Gasteiger partial charge in [-0.3, -0.25) is 14.2 Å². The highest BCUT2D eigenvalue weighted by atomic mass is 79.9. The molecule has 1 amide bonds. The number of carbonyl (C=O) groups excluding carboxylic acids is 1. The summed E-state index contributed by atoms with van der Waals surface area (Å²) in [4.78, 5) is 33.7. The van der Waals surface area contributed by atoms with Gasteiger partial charge in [0.15, 0.2) is 5.13 Å². The molecular formula is C15H13BrN4O2S. The highest BCUT2D eigenvalue weighted by molar-refractivity contribution is 9.10. The Morgan fingerprint density at radius 2 is 2.22 bits per heavy atom. The Morgan fingerprint density at radius 1 is 1.39 bits per heavy atom. The van der Waals surface area contributed by atoms with E-state index in [1.54, 1.807) is 18.3 Å². The summed E-state index contributed by atoms with van der Waals surface area (Å²) in [5.74, 6) is -0.180. The molecule has 0 aliphatic heterocycles. The van der Waals surface area contributed by atoms with E-state index in [1.807, 2.05) is 13.0 Å². The summed E-state index contributed by atoms with van der Waals surface area (Å²) in [5, 5.41) is 3.82. The van der Waals surface area contributed by atoms with Crippen LogP contribution in [0.2, 0.25) is 0 Å². The number of amides is 1. The maximum atomic E-state index is 12.4. The number of carbonyl (C=O) groups is 1. The highest BCUT2D eigenvalue weighted by Gasteiger charge is 2.08. The van der Waals surface area contributed by atoms with Gasteiger partial charge in [0.25, 0.3) is 5.56 Å². The van der Waals surface area contributed by atoms with Crippen LogP contribution in [0.25, 0.3) is 10.9 Å². The lowest BCUT2D eigenvalue weighted by atomic mass is 10.2. The SMILES string of the molecule is Cc1cnc(NC(=O)CCn2cnc3ccc(Br)cc3c2=O)s1. The van der Waals surface area contributed by atoms with Crippen molar-refractivity contribution >= 4 is 49.2 Å². The van der Waals surface area contributed by atoms with E-state index in [-0.39, 0.29) is 24.4 Å². The van der Waals surface area contributed by atoms with Crippen molar-refractivity contribution in [3.05, 3.63) is 50.4 Å². The molecule has 0 saturated heterocycles. The number of anilines is 1. The average Bonchev–Trinajstić information content (AvgIpc) is 2.92. The van der Waals surface area contributed by atoms with Crippen LogP contribution >= 0.6 is 27.3 Å². The number of aryl methyl sites for hydroxylation is 2. The van der Waals surface area contributed by atoms with Gasteiger partial charge in [-0.2, -0.15) is 0 Å². The minimum absolute atomic E-state index is 0.158. The van der Waals surface area contributed by atoms with Crippen molar-refractivity contribution in [2.75, 3.05) is 5.32 Å². The van der Waals surface area contributed by atoms with E-state index in [9.17, 15) is 9.59 Å². The van der Waals surface area contributed by atoms with Crippen LogP contribution in [0.4, 0.5) is 5.13 Å². The minimum atomic E-state index is -0.180. The predicted molar refractivity (Wildman–Crippen MR) is 93.8 cm³/mol. The predicted octanol–water partition coefficient (Wildman–Crippen LogP) is 2.95. The monoisotopic (exact) mass is 392 g/mol. The fourth-order valence-electron chi connectivity index (χ4n) is 2.11. The second-order valence-electron chi connectivity index (χ2n) is 4.98. The number of hydrogen-bond acceptors (Lipinski definition) is 5. The first-order valence-corrected chi connectivity index (χ1v) is 8.51. The first-order chi connectivity index (χ1) is 11.0. The van der Waals surface area contributed by atoms with Crippen molar-refractivity contribution in [1.82, 2.24) is 14.5 Å². The number of benzene rings is 1. The molecule has 0 radical (unpaired) electrons. The molecule has 0 spiro atoms. The van der Waals surface area contributed by atoms with Gasteiger partial charge in [-0.1, -0.05) is 15.9 Å². The number of halogens is 1. The van der Waals surface area contributed by atoms with Gasteiger partial charge in [0.2, 0.25) is 5.91 Å². The first kappa shape index (κ1) is 15.8. The van der Waals surface area contributed by atoms with Crippen molar-refractivity contribution in [2.24, 2.45) is 0 Å². The van der Waals surface area contributed by atoms with Crippen LogP contribution in [0.1, 0.15) is 11.3 Å². The summed E-state index contributed by atoms with van der Waals surface area (Å²) in [6.45, 7) is 2.19. The number of fused-ring (bicyclic) bond motifs is 1. The van der Waals surface area contributed by atoms with Crippen molar-refractivity contribution in [3.8, 4) is 0 Å². The summed E-state index contributed by atoms with van der Waals surface area (Å²) in [6.07, 6.45) is 3.36. The largest absolute Gasteiger partial charge is 0.302 e. The zero-order valence-electron chi connectivity index (χ0n) is 12.2. The zero-order chi connectivity index (χ0) is 16.4. The van der Waals surface area contributed by atoms with E-state index in [1.165, 1.54) is 22.2 Å². The van der Waals surface area contributed by atoms with E-state index < -0.39 is 0 Å². The topological polar surface area (TPSA) is 76.9 Å². The van der Waals surface area contributed by atoms with Crippen LogP contribution in [0.5, 0.6) is 0 Å². The van der Waals surface area contributed by atoms with Crippen LogP contribution in [-0.2, 0) is 11.3 Å². The minimum Gasteiger partial charge on any atom is -0.302 e. The number of thiazole rings is 1. The second kappa shape index (κ2) is 6.59. The van der Waals surface area contributed by atoms with Crippen molar-refractivity contribution in [1.29, 1.82) is 0 Å². The molecule has 0 fully saturated rings. The first-order valence-electron chi connectivity index (χ1n) is 6.90. The molecule has 6 nitrogen and oxygen atoms in total. The van der Waals surface area contributed by atoms with Crippen molar-refractivity contribution < 1.29 is 4.79 Å². The summed E-state index contributed by atoms with van der Waals surface area (Å²) in [5.41, 5.74) is 0.478. The van der Waals surface area contributed by atoms with Crippen LogP contribution in [-0.4, -0.2) is 20.4 Å². The summed E-state index contributed by atoms with van der Waals surface area (Å²) in [7, 11) is 0. The average molecular weight is 393 g/mol. The number of aromatic nitrogens is 3. The number of rotatable bonds is 4.